The molecule has 1 saturated carbocycles. The maximum atomic E-state index is 13.1. The number of hydrogen-bond donors (Lipinski definition) is 4. The SMILES string of the molecule is Cc1c(NC(=O)c2ccc(C(C)(C)C)cc2)cccc1-c1ccnc2[nH]nc(N[C@H]3CC[C@H](O)CC3)c12. The predicted molar refractivity (Wildman–Crippen MR) is 149 cm³/mol. The van der Waals surface area contributed by atoms with E-state index >= 15 is 0 Å². The molecule has 0 saturated heterocycles. The summed E-state index contributed by atoms with van der Waals surface area (Å²) in [6.07, 6.45) is 4.97. The highest BCUT2D eigenvalue weighted by atomic mass is 16.3. The molecule has 2 aromatic heterocycles. The second-order valence-electron chi connectivity index (χ2n) is 11.1. The lowest BCUT2D eigenvalue weighted by molar-refractivity contribution is 0.102. The Bertz CT molecular complexity index is 1410. The molecular formula is C30H35N5O2. The Kier molecular flexibility index (Phi) is 6.73. The first kappa shape index (κ1) is 25.0. The molecule has 2 aromatic carbocycles. The van der Waals surface area contributed by atoms with Gasteiger partial charge in [0, 0.05) is 23.5 Å². The highest BCUT2D eigenvalue weighted by Crippen LogP contribution is 2.36. The first-order valence-corrected chi connectivity index (χ1v) is 13.0. The fraction of sp³-hybridized carbons (Fsp3) is 0.367. The van der Waals surface area contributed by atoms with Crippen molar-refractivity contribution in [2.75, 3.05) is 10.6 Å². The van der Waals surface area contributed by atoms with Crippen LogP contribution in [0.4, 0.5) is 11.5 Å². The number of pyridine rings is 1. The number of hydrogen-bond acceptors (Lipinski definition) is 5. The molecule has 0 spiro atoms. The Labute approximate surface area is 217 Å². The number of rotatable bonds is 5. The number of anilines is 2. The third kappa shape index (κ3) is 5.23. The van der Waals surface area contributed by atoms with Crippen molar-refractivity contribution in [3.63, 3.8) is 0 Å². The van der Waals surface area contributed by atoms with Gasteiger partial charge in [-0.3, -0.25) is 9.89 Å². The van der Waals surface area contributed by atoms with Gasteiger partial charge in [-0.15, -0.1) is 0 Å². The number of carbonyl (C=O) groups excluding carboxylic acids is 1. The lowest BCUT2D eigenvalue weighted by Crippen LogP contribution is -2.28. The standard InChI is InChI=1S/C30H35N5O2/c1-18-23(6-5-7-25(18)33-29(37)19-8-10-20(11-9-19)30(2,3)4)24-16-17-31-27-26(24)28(35-34-27)32-21-12-14-22(36)15-13-21/h5-11,16-17,21-22,36H,12-15H2,1-4H3,(H,33,37)(H2,31,32,34,35)/t21-,22-. The van der Waals surface area contributed by atoms with Crippen LogP contribution in [0, 0.1) is 6.92 Å². The van der Waals surface area contributed by atoms with Gasteiger partial charge in [-0.2, -0.15) is 5.10 Å². The predicted octanol–water partition coefficient (Wildman–Crippen LogP) is 6.20. The van der Waals surface area contributed by atoms with E-state index in [2.05, 4.69) is 52.7 Å². The summed E-state index contributed by atoms with van der Waals surface area (Å²) in [4.78, 5) is 17.6. The molecule has 0 atom stereocenters. The normalized spacial score (nSPS) is 18.1. The molecule has 5 rings (SSSR count). The number of nitrogens with one attached hydrogen (secondary N) is 3. The van der Waals surface area contributed by atoms with Gasteiger partial charge in [0.1, 0.15) is 0 Å². The molecule has 37 heavy (non-hydrogen) atoms. The summed E-state index contributed by atoms with van der Waals surface area (Å²) in [6.45, 7) is 8.50. The fourth-order valence-electron chi connectivity index (χ4n) is 5.07. The number of H-pyrrole nitrogens is 1. The van der Waals surface area contributed by atoms with Crippen molar-refractivity contribution in [2.24, 2.45) is 0 Å². The number of aromatic amines is 1. The second-order valence-corrected chi connectivity index (χ2v) is 11.1. The molecule has 4 aromatic rings. The molecule has 1 fully saturated rings. The number of nitrogens with zero attached hydrogens (tertiary/aromatic N) is 2. The summed E-state index contributed by atoms with van der Waals surface area (Å²) in [6, 6.07) is 16.0. The van der Waals surface area contributed by atoms with E-state index in [9.17, 15) is 9.90 Å². The quantitative estimate of drug-likeness (QED) is 0.263. The number of amides is 1. The van der Waals surface area contributed by atoms with Gasteiger partial charge in [-0.05, 0) is 84.5 Å². The Morgan fingerprint density at radius 1 is 1.00 bits per heavy atom. The van der Waals surface area contributed by atoms with E-state index < -0.39 is 0 Å². The van der Waals surface area contributed by atoms with Crippen LogP contribution in [0.15, 0.2) is 54.7 Å². The van der Waals surface area contributed by atoms with Crippen LogP contribution in [0.3, 0.4) is 0 Å². The van der Waals surface area contributed by atoms with Crippen molar-refractivity contribution < 1.29 is 9.90 Å². The minimum absolute atomic E-state index is 0.0365. The van der Waals surface area contributed by atoms with Crippen molar-refractivity contribution in [3.05, 3.63) is 71.4 Å². The van der Waals surface area contributed by atoms with Crippen molar-refractivity contribution in [3.8, 4) is 11.1 Å². The largest absolute Gasteiger partial charge is 0.393 e. The lowest BCUT2D eigenvalue weighted by Gasteiger charge is -2.26. The first-order valence-electron chi connectivity index (χ1n) is 13.0. The number of fused-ring (bicyclic) bond motifs is 1. The summed E-state index contributed by atoms with van der Waals surface area (Å²) >= 11 is 0. The van der Waals surface area contributed by atoms with Crippen LogP contribution < -0.4 is 10.6 Å². The van der Waals surface area contributed by atoms with Crippen molar-refractivity contribution in [2.45, 2.75) is 70.9 Å². The highest BCUT2D eigenvalue weighted by molar-refractivity contribution is 6.06. The van der Waals surface area contributed by atoms with E-state index in [1.54, 1.807) is 6.20 Å². The van der Waals surface area contributed by atoms with Gasteiger partial charge in [0.15, 0.2) is 11.5 Å². The third-order valence-corrected chi connectivity index (χ3v) is 7.38. The summed E-state index contributed by atoms with van der Waals surface area (Å²) in [7, 11) is 0. The topological polar surface area (TPSA) is 103 Å². The summed E-state index contributed by atoms with van der Waals surface area (Å²) in [5.74, 6) is 0.637. The third-order valence-electron chi connectivity index (χ3n) is 7.38. The van der Waals surface area contributed by atoms with Crippen molar-refractivity contribution in [1.82, 2.24) is 15.2 Å². The van der Waals surface area contributed by atoms with E-state index in [1.165, 1.54) is 5.56 Å². The molecule has 1 aliphatic carbocycles. The van der Waals surface area contributed by atoms with Gasteiger partial charge < -0.3 is 15.7 Å². The molecule has 192 valence electrons. The number of aliphatic hydroxyl groups excluding tert-OH is 1. The smallest absolute Gasteiger partial charge is 0.255 e. The van der Waals surface area contributed by atoms with Crippen LogP contribution in [-0.4, -0.2) is 38.3 Å². The molecule has 0 unspecified atom stereocenters. The van der Waals surface area contributed by atoms with Gasteiger partial charge >= 0.3 is 0 Å². The van der Waals surface area contributed by atoms with Crippen LogP contribution in [-0.2, 0) is 5.41 Å². The minimum Gasteiger partial charge on any atom is -0.393 e. The zero-order valence-corrected chi connectivity index (χ0v) is 21.9. The van der Waals surface area contributed by atoms with Gasteiger partial charge in [0.25, 0.3) is 5.91 Å². The molecule has 7 heteroatoms. The van der Waals surface area contributed by atoms with Crippen LogP contribution in [0.1, 0.15) is 67.9 Å². The Balaban J connectivity index is 1.43. The maximum absolute atomic E-state index is 13.1. The van der Waals surface area contributed by atoms with Gasteiger partial charge in [-0.1, -0.05) is 45.0 Å². The van der Waals surface area contributed by atoms with Gasteiger partial charge in [-0.25, -0.2) is 4.98 Å². The number of benzene rings is 2. The monoisotopic (exact) mass is 497 g/mol. The Hall–Kier alpha value is -3.71. The van der Waals surface area contributed by atoms with E-state index in [0.29, 0.717) is 11.2 Å². The maximum Gasteiger partial charge on any atom is 0.255 e. The fourth-order valence-corrected chi connectivity index (χ4v) is 5.07. The van der Waals surface area contributed by atoms with Crippen LogP contribution in [0.2, 0.25) is 0 Å². The van der Waals surface area contributed by atoms with Crippen LogP contribution in [0.25, 0.3) is 22.2 Å². The van der Waals surface area contributed by atoms with Crippen molar-refractivity contribution in [1.29, 1.82) is 0 Å². The van der Waals surface area contributed by atoms with Crippen LogP contribution in [0.5, 0.6) is 0 Å². The van der Waals surface area contributed by atoms with Gasteiger partial charge in [0.05, 0.1) is 11.5 Å². The molecule has 2 heterocycles. The minimum atomic E-state index is -0.205. The van der Waals surface area contributed by atoms with Gasteiger partial charge in [0.2, 0.25) is 0 Å². The van der Waals surface area contributed by atoms with E-state index in [0.717, 1.165) is 59.3 Å². The molecule has 0 aliphatic heterocycles. The molecule has 4 N–H and O–H groups in total. The summed E-state index contributed by atoms with van der Waals surface area (Å²) < 4.78 is 0. The zero-order chi connectivity index (χ0) is 26.2. The molecule has 1 amide bonds. The molecule has 0 radical (unpaired) electrons. The van der Waals surface area contributed by atoms with Crippen molar-refractivity contribution >= 4 is 28.4 Å². The van der Waals surface area contributed by atoms with E-state index in [-0.39, 0.29) is 23.5 Å². The summed E-state index contributed by atoms with van der Waals surface area (Å²) in [5, 5.41) is 25.1. The average molecular weight is 498 g/mol. The van der Waals surface area contributed by atoms with Crippen LogP contribution >= 0.6 is 0 Å². The molecular weight excluding hydrogens is 462 g/mol. The Morgan fingerprint density at radius 2 is 1.73 bits per heavy atom. The average Bonchev–Trinajstić information content (AvgIpc) is 3.29. The van der Waals surface area contributed by atoms with E-state index in [1.807, 2.05) is 49.4 Å². The van der Waals surface area contributed by atoms with E-state index in [4.69, 9.17) is 0 Å². The number of aromatic nitrogens is 3. The zero-order valence-electron chi connectivity index (χ0n) is 21.9. The number of carbonyl (C=O) groups is 1. The number of aliphatic hydroxyl groups is 1. The molecule has 1 aliphatic rings. The molecule has 0 bridgehead atoms. The molecule has 7 nitrogen and oxygen atoms in total. The lowest BCUT2D eigenvalue weighted by atomic mass is 9.86. The Morgan fingerprint density at radius 3 is 2.43 bits per heavy atom. The summed E-state index contributed by atoms with van der Waals surface area (Å²) in [5.41, 5.74) is 6.32. The second kappa shape index (κ2) is 9.98. The highest BCUT2D eigenvalue weighted by Gasteiger charge is 2.22. The first-order chi connectivity index (χ1) is 17.7.